The number of nitrogens with zero attached hydrogens (tertiary/aromatic N) is 2. The molecule has 1 aliphatic heterocycles. The smallest absolute Gasteiger partial charge is 0.258 e. The quantitative estimate of drug-likeness (QED) is 0.819. The minimum atomic E-state index is -0.760. The molecule has 1 heterocycles. The number of amides is 2. The van der Waals surface area contributed by atoms with Crippen LogP contribution in [-0.2, 0) is 9.59 Å². The first-order chi connectivity index (χ1) is 12.0. The lowest BCUT2D eigenvalue weighted by Crippen LogP contribution is -2.41. The molecular weight excluding hydrogens is 320 g/mol. The molecule has 1 fully saturated rings. The van der Waals surface area contributed by atoms with Crippen LogP contribution in [0.2, 0.25) is 0 Å². The van der Waals surface area contributed by atoms with Crippen molar-refractivity contribution in [1.82, 2.24) is 0 Å². The van der Waals surface area contributed by atoms with Gasteiger partial charge >= 0.3 is 0 Å². The number of unbranched alkanes of at least 4 members (excludes halogenated alkanes) is 1. The average molecular weight is 340 g/mol. The first kappa shape index (κ1) is 16.8. The molecule has 130 valence electrons. The summed E-state index contributed by atoms with van der Waals surface area (Å²) in [5.41, 5.74) is 0.807. The number of carbonyl (C=O) groups is 2. The molecule has 2 N–H and O–H groups in total. The van der Waals surface area contributed by atoms with Gasteiger partial charge in [0, 0.05) is 12.1 Å². The van der Waals surface area contributed by atoms with Crippen molar-refractivity contribution in [1.29, 1.82) is 0 Å². The molecule has 0 radical (unpaired) electrons. The molecular formula is C19H20N2O4. The molecule has 2 aromatic rings. The summed E-state index contributed by atoms with van der Waals surface area (Å²) in [6.07, 6.45) is 2.12. The Hall–Kier alpha value is -3.02. The number of hydrogen-bond donors (Lipinski definition) is 2. The molecule has 1 aliphatic rings. The number of hydrazine groups is 1. The van der Waals surface area contributed by atoms with E-state index < -0.39 is 5.92 Å². The summed E-state index contributed by atoms with van der Waals surface area (Å²) in [5, 5.41) is 22.1. The summed E-state index contributed by atoms with van der Waals surface area (Å²) in [5.74, 6) is -1.40. The molecule has 0 aliphatic carbocycles. The molecule has 2 aromatic carbocycles. The highest BCUT2D eigenvalue weighted by Gasteiger charge is 2.46. The molecule has 25 heavy (non-hydrogen) atoms. The molecule has 1 saturated heterocycles. The van der Waals surface area contributed by atoms with E-state index in [4.69, 9.17) is 0 Å². The van der Waals surface area contributed by atoms with Crippen molar-refractivity contribution in [2.45, 2.75) is 26.2 Å². The Labute approximate surface area is 145 Å². The molecule has 0 aromatic heterocycles. The molecule has 0 saturated carbocycles. The van der Waals surface area contributed by atoms with Crippen molar-refractivity contribution in [2.75, 3.05) is 10.0 Å². The Bertz CT molecular complexity index is 742. The normalized spacial score (nSPS) is 15.2. The van der Waals surface area contributed by atoms with E-state index in [1.165, 1.54) is 34.3 Å². The first-order valence-corrected chi connectivity index (χ1v) is 8.29. The zero-order valence-corrected chi connectivity index (χ0v) is 13.9. The van der Waals surface area contributed by atoms with Crippen LogP contribution in [0.5, 0.6) is 11.5 Å². The van der Waals surface area contributed by atoms with Crippen LogP contribution < -0.4 is 10.0 Å². The van der Waals surface area contributed by atoms with E-state index in [2.05, 4.69) is 0 Å². The number of hydrogen-bond acceptors (Lipinski definition) is 4. The van der Waals surface area contributed by atoms with Crippen molar-refractivity contribution in [3.8, 4) is 11.5 Å². The molecule has 2 amide bonds. The van der Waals surface area contributed by atoms with Crippen LogP contribution in [-0.4, -0.2) is 22.0 Å². The number of phenolic OH excluding ortho intramolecular Hbond substituents is 2. The zero-order valence-electron chi connectivity index (χ0n) is 13.9. The van der Waals surface area contributed by atoms with Crippen LogP contribution in [0.1, 0.15) is 26.2 Å². The monoisotopic (exact) mass is 340 g/mol. The lowest BCUT2D eigenvalue weighted by molar-refractivity contribution is -0.127. The first-order valence-electron chi connectivity index (χ1n) is 8.29. The maximum Gasteiger partial charge on any atom is 0.258 e. The molecule has 0 unspecified atom stereocenters. The lowest BCUT2D eigenvalue weighted by Gasteiger charge is -2.27. The van der Waals surface area contributed by atoms with E-state index in [0.29, 0.717) is 17.8 Å². The maximum absolute atomic E-state index is 12.9. The second kappa shape index (κ2) is 6.84. The predicted octanol–water partition coefficient (Wildman–Crippen LogP) is 3.20. The SMILES string of the molecule is CCCCC1C(=O)N(c2cccc(O)c2)N(c2cccc(O)c2)C1=O. The van der Waals surface area contributed by atoms with Gasteiger partial charge in [0.05, 0.1) is 11.4 Å². The molecule has 0 spiro atoms. The van der Waals surface area contributed by atoms with E-state index in [1.807, 2.05) is 6.92 Å². The molecule has 6 heteroatoms. The van der Waals surface area contributed by atoms with Gasteiger partial charge in [0.15, 0.2) is 0 Å². The van der Waals surface area contributed by atoms with Crippen LogP contribution >= 0.6 is 0 Å². The summed E-state index contributed by atoms with van der Waals surface area (Å²) in [4.78, 5) is 25.8. The highest BCUT2D eigenvalue weighted by Crippen LogP contribution is 2.35. The van der Waals surface area contributed by atoms with E-state index in [9.17, 15) is 19.8 Å². The topological polar surface area (TPSA) is 81.1 Å². The number of rotatable bonds is 5. The third-order valence-electron chi connectivity index (χ3n) is 4.21. The molecule has 0 bridgehead atoms. The van der Waals surface area contributed by atoms with Gasteiger partial charge in [0.25, 0.3) is 11.8 Å². The van der Waals surface area contributed by atoms with Gasteiger partial charge in [-0.25, -0.2) is 10.0 Å². The van der Waals surface area contributed by atoms with Crippen LogP contribution in [0.4, 0.5) is 11.4 Å². The Morgan fingerprint density at radius 2 is 1.36 bits per heavy atom. The van der Waals surface area contributed by atoms with Crippen molar-refractivity contribution in [3.05, 3.63) is 48.5 Å². The van der Waals surface area contributed by atoms with E-state index >= 15 is 0 Å². The standard InChI is InChI=1S/C19H20N2O4/c1-2-3-10-17-18(24)20(13-6-4-8-15(22)11-13)21(19(17)25)14-7-5-9-16(23)12-14/h4-9,11-12,17,22-23H,2-3,10H2,1H3. The van der Waals surface area contributed by atoms with Crippen molar-refractivity contribution >= 4 is 23.2 Å². The zero-order chi connectivity index (χ0) is 18.0. The Morgan fingerprint density at radius 1 is 0.880 bits per heavy atom. The Balaban J connectivity index is 2.07. The maximum atomic E-state index is 12.9. The number of benzene rings is 2. The van der Waals surface area contributed by atoms with Gasteiger partial charge in [-0.15, -0.1) is 0 Å². The molecule has 0 atom stereocenters. The minimum Gasteiger partial charge on any atom is -0.508 e. The highest BCUT2D eigenvalue weighted by molar-refractivity contribution is 6.23. The van der Waals surface area contributed by atoms with Crippen LogP contribution in [0.25, 0.3) is 0 Å². The average Bonchev–Trinajstić information content (AvgIpc) is 2.83. The fraction of sp³-hybridized carbons (Fsp3) is 0.263. The molecule has 3 rings (SSSR count). The van der Waals surface area contributed by atoms with Crippen molar-refractivity contribution in [3.63, 3.8) is 0 Å². The highest BCUT2D eigenvalue weighted by atomic mass is 16.3. The van der Waals surface area contributed by atoms with Crippen LogP contribution in [0.3, 0.4) is 0 Å². The third-order valence-corrected chi connectivity index (χ3v) is 4.21. The fourth-order valence-corrected chi connectivity index (χ4v) is 2.99. The van der Waals surface area contributed by atoms with Gasteiger partial charge in [0.1, 0.15) is 17.4 Å². The minimum absolute atomic E-state index is 0.00520. The van der Waals surface area contributed by atoms with Gasteiger partial charge in [-0.2, -0.15) is 0 Å². The summed E-state index contributed by atoms with van der Waals surface area (Å²) in [7, 11) is 0. The van der Waals surface area contributed by atoms with E-state index in [0.717, 1.165) is 12.8 Å². The van der Waals surface area contributed by atoms with E-state index in [1.54, 1.807) is 24.3 Å². The fourth-order valence-electron chi connectivity index (χ4n) is 2.99. The largest absolute Gasteiger partial charge is 0.508 e. The van der Waals surface area contributed by atoms with Gasteiger partial charge in [-0.3, -0.25) is 9.59 Å². The summed E-state index contributed by atoms with van der Waals surface area (Å²) < 4.78 is 0. The number of aromatic hydroxyl groups is 2. The van der Waals surface area contributed by atoms with Crippen molar-refractivity contribution in [2.24, 2.45) is 5.92 Å². The summed E-state index contributed by atoms with van der Waals surface area (Å²) in [6.45, 7) is 2.00. The van der Waals surface area contributed by atoms with E-state index in [-0.39, 0.29) is 23.3 Å². The number of carbonyl (C=O) groups excluding carboxylic acids is 2. The van der Waals surface area contributed by atoms with Crippen molar-refractivity contribution < 1.29 is 19.8 Å². The molecule has 6 nitrogen and oxygen atoms in total. The number of phenols is 2. The summed E-state index contributed by atoms with van der Waals surface area (Å²) >= 11 is 0. The van der Waals surface area contributed by atoms with Gasteiger partial charge in [0.2, 0.25) is 0 Å². The Morgan fingerprint density at radius 3 is 1.76 bits per heavy atom. The lowest BCUT2D eigenvalue weighted by atomic mass is 10.0. The van der Waals surface area contributed by atoms with Gasteiger partial charge in [-0.1, -0.05) is 31.9 Å². The van der Waals surface area contributed by atoms with Gasteiger partial charge < -0.3 is 10.2 Å². The van der Waals surface area contributed by atoms with Crippen LogP contribution in [0, 0.1) is 5.92 Å². The number of anilines is 2. The van der Waals surface area contributed by atoms with Gasteiger partial charge in [-0.05, 0) is 30.7 Å². The van der Waals surface area contributed by atoms with Crippen LogP contribution in [0.15, 0.2) is 48.5 Å². The Kier molecular flexibility index (Phi) is 4.61. The third kappa shape index (κ3) is 3.15. The second-order valence-corrected chi connectivity index (χ2v) is 6.03. The summed E-state index contributed by atoms with van der Waals surface area (Å²) in [6, 6.07) is 12.4. The second-order valence-electron chi connectivity index (χ2n) is 6.03. The predicted molar refractivity (Wildman–Crippen MR) is 94.2 cm³/mol.